The molecule has 0 bridgehead atoms. The summed E-state index contributed by atoms with van der Waals surface area (Å²) < 4.78 is 0. The zero-order chi connectivity index (χ0) is 14.7. The van der Waals surface area contributed by atoms with E-state index >= 15 is 0 Å². The van der Waals surface area contributed by atoms with Crippen molar-refractivity contribution in [1.82, 2.24) is 15.0 Å². The number of nitrogens with zero attached hydrogens (tertiary/aromatic N) is 4. The van der Waals surface area contributed by atoms with E-state index in [1.807, 2.05) is 36.4 Å². The van der Waals surface area contributed by atoms with Gasteiger partial charge in [-0.3, -0.25) is 4.98 Å². The Balaban J connectivity index is 1.98. The maximum Gasteiger partial charge on any atom is 0.172 e. The van der Waals surface area contributed by atoms with Crippen molar-refractivity contribution >= 4 is 22.7 Å². The number of fused-ring (bicyclic) bond motifs is 1. The summed E-state index contributed by atoms with van der Waals surface area (Å²) in [6.07, 6.45) is 3.58. The van der Waals surface area contributed by atoms with Crippen molar-refractivity contribution in [2.24, 2.45) is 0 Å². The second-order valence-electron chi connectivity index (χ2n) is 4.79. The molecule has 3 rings (SSSR count). The lowest BCUT2D eigenvalue weighted by atomic mass is 10.2. The van der Waals surface area contributed by atoms with Crippen LogP contribution in [0.15, 0.2) is 48.8 Å². The number of hydrogen-bond acceptors (Lipinski definition) is 5. The summed E-state index contributed by atoms with van der Waals surface area (Å²) in [6, 6.07) is 11.7. The first-order valence-corrected chi connectivity index (χ1v) is 6.94. The van der Waals surface area contributed by atoms with Crippen LogP contribution >= 0.6 is 0 Å². The monoisotopic (exact) mass is 279 g/mol. The van der Waals surface area contributed by atoms with Crippen molar-refractivity contribution in [3.05, 3.63) is 54.4 Å². The predicted molar refractivity (Wildman–Crippen MR) is 84.9 cm³/mol. The Morgan fingerprint density at radius 1 is 1.00 bits per heavy atom. The minimum Gasteiger partial charge on any atom is -0.381 e. The maximum atomic E-state index is 6.09. The Labute approximate surface area is 123 Å². The molecule has 0 atom stereocenters. The van der Waals surface area contributed by atoms with Gasteiger partial charge in [-0.05, 0) is 36.8 Å². The highest BCUT2D eigenvalue weighted by Crippen LogP contribution is 2.23. The average molecular weight is 279 g/mol. The van der Waals surface area contributed by atoms with Gasteiger partial charge >= 0.3 is 0 Å². The fraction of sp³-hybridized carbons (Fsp3) is 0.188. The van der Waals surface area contributed by atoms with E-state index < -0.39 is 0 Å². The van der Waals surface area contributed by atoms with E-state index in [1.165, 1.54) is 5.56 Å². The molecule has 0 fully saturated rings. The van der Waals surface area contributed by atoms with Crippen molar-refractivity contribution in [3.8, 4) is 0 Å². The minimum atomic E-state index is 0.463. The molecule has 0 spiro atoms. The zero-order valence-corrected chi connectivity index (χ0v) is 11.9. The number of nitrogens with two attached hydrogens (primary N) is 1. The van der Waals surface area contributed by atoms with Crippen LogP contribution < -0.4 is 10.6 Å². The van der Waals surface area contributed by atoms with E-state index in [4.69, 9.17) is 5.73 Å². The van der Waals surface area contributed by atoms with Crippen LogP contribution in [-0.2, 0) is 6.54 Å². The summed E-state index contributed by atoms with van der Waals surface area (Å²) >= 11 is 0. The van der Waals surface area contributed by atoms with Gasteiger partial charge in [0, 0.05) is 25.5 Å². The number of para-hydroxylation sites is 2. The van der Waals surface area contributed by atoms with Crippen LogP contribution in [0.5, 0.6) is 0 Å². The maximum absolute atomic E-state index is 6.09. The highest BCUT2D eigenvalue weighted by atomic mass is 15.2. The first-order valence-electron chi connectivity index (χ1n) is 6.94. The summed E-state index contributed by atoms with van der Waals surface area (Å²) in [6.45, 7) is 3.62. The van der Waals surface area contributed by atoms with Gasteiger partial charge in [-0.1, -0.05) is 12.1 Å². The van der Waals surface area contributed by atoms with Crippen molar-refractivity contribution in [2.45, 2.75) is 13.5 Å². The molecular weight excluding hydrogens is 262 g/mol. The highest BCUT2D eigenvalue weighted by molar-refractivity contribution is 5.79. The van der Waals surface area contributed by atoms with Crippen molar-refractivity contribution in [3.63, 3.8) is 0 Å². The Morgan fingerprint density at radius 2 is 1.67 bits per heavy atom. The Kier molecular flexibility index (Phi) is 3.64. The molecule has 0 aliphatic heterocycles. The topological polar surface area (TPSA) is 67.9 Å². The number of benzene rings is 1. The molecule has 2 heterocycles. The van der Waals surface area contributed by atoms with E-state index in [0.717, 1.165) is 29.9 Å². The van der Waals surface area contributed by atoms with Crippen LogP contribution in [0.1, 0.15) is 12.5 Å². The summed E-state index contributed by atoms with van der Waals surface area (Å²) in [4.78, 5) is 15.3. The molecule has 1 aromatic carbocycles. The van der Waals surface area contributed by atoms with E-state index in [9.17, 15) is 0 Å². The van der Waals surface area contributed by atoms with Crippen LogP contribution in [0, 0.1) is 0 Å². The van der Waals surface area contributed by atoms with Gasteiger partial charge in [-0.2, -0.15) is 0 Å². The van der Waals surface area contributed by atoms with Crippen LogP contribution in [0.3, 0.4) is 0 Å². The molecule has 3 aromatic rings. The highest BCUT2D eigenvalue weighted by Gasteiger charge is 2.13. The predicted octanol–water partition coefficient (Wildman–Crippen LogP) is 2.63. The number of anilines is 2. The van der Waals surface area contributed by atoms with Gasteiger partial charge in [0.25, 0.3) is 0 Å². The van der Waals surface area contributed by atoms with E-state index in [2.05, 4.69) is 26.8 Å². The lowest BCUT2D eigenvalue weighted by Crippen LogP contribution is -2.24. The largest absolute Gasteiger partial charge is 0.381 e. The smallest absolute Gasteiger partial charge is 0.172 e. The standard InChI is InChI=1S/C16H17N5/c1-2-21(11-12-7-9-18-10-8-12)16-15(17)19-13-5-3-4-6-14(13)20-16/h3-10H,2,11H2,1H3,(H2,17,19). The molecule has 5 nitrogen and oxygen atoms in total. The Bertz CT molecular complexity index is 742. The van der Waals surface area contributed by atoms with E-state index in [-0.39, 0.29) is 0 Å². The summed E-state index contributed by atoms with van der Waals surface area (Å²) in [5.74, 6) is 1.19. The van der Waals surface area contributed by atoms with Crippen molar-refractivity contribution < 1.29 is 0 Å². The molecular formula is C16H17N5. The second kappa shape index (κ2) is 5.75. The number of pyridine rings is 1. The third kappa shape index (κ3) is 2.76. The molecule has 0 aliphatic rings. The summed E-state index contributed by atoms with van der Waals surface area (Å²) in [5.41, 5.74) is 8.93. The number of aromatic nitrogens is 3. The molecule has 106 valence electrons. The minimum absolute atomic E-state index is 0.463. The number of nitrogen functional groups attached to an aromatic ring is 1. The molecule has 0 saturated carbocycles. The second-order valence-corrected chi connectivity index (χ2v) is 4.79. The van der Waals surface area contributed by atoms with Crippen molar-refractivity contribution in [1.29, 1.82) is 0 Å². The van der Waals surface area contributed by atoms with Crippen molar-refractivity contribution in [2.75, 3.05) is 17.2 Å². The third-order valence-electron chi connectivity index (χ3n) is 3.38. The SMILES string of the molecule is CCN(Cc1ccncc1)c1nc2ccccc2nc1N. The quantitative estimate of drug-likeness (QED) is 0.795. The van der Waals surface area contributed by atoms with Crippen LogP contribution in [0.25, 0.3) is 11.0 Å². The molecule has 0 aliphatic carbocycles. The molecule has 5 heteroatoms. The fourth-order valence-corrected chi connectivity index (χ4v) is 2.28. The molecule has 0 amide bonds. The van der Waals surface area contributed by atoms with Gasteiger partial charge in [-0.15, -0.1) is 0 Å². The van der Waals surface area contributed by atoms with Gasteiger partial charge in [0.1, 0.15) is 0 Å². The molecule has 0 unspecified atom stereocenters. The van der Waals surface area contributed by atoms with Gasteiger partial charge < -0.3 is 10.6 Å². The first-order chi connectivity index (χ1) is 10.3. The van der Waals surface area contributed by atoms with E-state index in [0.29, 0.717) is 5.82 Å². The molecule has 2 aromatic heterocycles. The lowest BCUT2D eigenvalue weighted by molar-refractivity contribution is 0.814. The molecule has 0 saturated heterocycles. The fourth-order valence-electron chi connectivity index (χ4n) is 2.28. The summed E-state index contributed by atoms with van der Waals surface area (Å²) in [5, 5.41) is 0. The number of rotatable bonds is 4. The van der Waals surface area contributed by atoms with Gasteiger partial charge in [0.05, 0.1) is 11.0 Å². The van der Waals surface area contributed by atoms with Gasteiger partial charge in [0.2, 0.25) is 0 Å². The molecule has 21 heavy (non-hydrogen) atoms. The average Bonchev–Trinajstić information content (AvgIpc) is 2.53. The van der Waals surface area contributed by atoms with Crippen LogP contribution in [-0.4, -0.2) is 21.5 Å². The van der Waals surface area contributed by atoms with Gasteiger partial charge in [0.15, 0.2) is 11.6 Å². The molecule has 2 N–H and O–H groups in total. The van der Waals surface area contributed by atoms with Crippen LogP contribution in [0.2, 0.25) is 0 Å². The van der Waals surface area contributed by atoms with Gasteiger partial charge in [-0.25, -0.2) is 9.97 Å². The first kappa shape index (κ1) is 13.3. The number of hydrogen-bond donors (Lipinski definition) is 1. The Hall–Kier alpha value is -2.69. The molecule has 0 radical (unpaired) electrons. The Morgan fingerprint density at radius 3 is 2.33 bits per heavy atom. The normalized spacial score (nSPS) is 10.7. The third-order valence-corrected chi connectivity index (χ3v) is 3.38. The van der Waals surface area contributed by atoms with E-state index in [1.54, 1.807) is 12.4 Å². The van der Waals surface area contributed by atoms with Crippen LogP contribution in [0.4, 0.5) is 11.6 Å². The lowest BCUT2D eigenvalue weighted by Gasteiger charge is -2.23. The zero-order valence-electron chi connectivity index (χ0n) is 11.9. The summed E-state index contributed by atoms with van der Waals surface area (Å²) in [7, 11) is 0.